The van der Waals surface area contributed by atoms with Crippen molar-refractivity contribution in [2.75, 3.05) is 20.3 Å². The number of methoxy groups -OCH3 is 1. The van der Waals surface area contributed by atoms with Gasteiger partial charge in [0.05, 0.1) is 13.2 Å². The average Bonchev–Trinajstić information content (AvgIpc) is 2.41. The van der Waals surface area contributed by atoms with E-state index in [1.807, 2.05) is 12.1 Å². The van der Waals surface area contributed by atoms with E-state index in [1.165, 1.54) is 5.56 Å². The predicted molar refractivity (Wildman–Crippen MR) is 72.9 cm³/mol. The first-order valence-electron chi connectivity index (χ1n) is 6.73. The number of benzene rings is 1. The van der Waals surface area contributed by atoms with Crippen molar-refractivity contribution in [3.8, 4) is 5.75 Å². The van der Waals surface area contributed by atoms with E-state index in [2.05, 4.69) is 31.3 Å². The number of ether oxygens (including phenoxy) is 2. The second-order valence-corrected chi connectivity index (χ2v) is 5.03. The smallest absolute Gasteiger partial charge is 0.124 e. The summed E-state index contributed by atoms with van der Waals surface area (Å²) in [5, 5.41) is 3.71. The molecule has 1 aromatic carbocycles. The topological polar surface area (TPSA) is 30.5 Å². The van der Waals surface area contributed by atoms with Gasteiger partial charge in [-0.1, -0.05) is 32.0 Å². The maximum absolute atomic E-state index is 5.77. The van der Waals surface area contributed by atoms with Crippen molar-refractivity contribution in [2.45, 2.75) is 32.4 Å². The van der Waals surface area contributed by atoms with E-state index in [0.717, 1.165) is 25.4 Å². The Morgan fingerprint density at radius 3 is 2.94 bits per heavy atom. The molecular formula is C15H23NO2. The van der Waals surface area contributed by atoms with Crippen LogP contribution in [0.3, 0.4) is 0 Å². The van der Waals surface area contributed by atoms with Gasteiger partial charge in [-0.2, -0.15) is 0 Å². The fourth-order valence-electron chi connectivity index (χ4n) is 2.49. The van der Waals surface area contributed by atoms with Crippen LogP contribution >= 0.6 is 0 Å². The summed E-state index contributed by atoms with van der Waals surface area (Å²) in [6.45, 7) is 5.94. The van der Waals surface area contributed by atoms with E-state index in [0.29, 0.717) is 18.0 Å². The molecule has 3 atom stereocenters. The van der Waals surface area contributed by atoms with Gasteiger partial charge in [-0.25, -0.2) is 0 Å². The summed E-state index contributed by atoms with van der Waals surface area (Å²) < 4.78 is 11.0. The Morgan fingerprint density at radius 1 is 1.44 bits per heavy atom. The zero-order chi connectivity index (χ0) is 13.0. The van der Waals surface area contributed by atoms with E-state index >= 15 is 0 Å². The zero-order valence-electron chi connectivity index (χ0n) is 11.5. The van der Waals surface area contributed by atoms with Crippen LogP contribution in [0.4, 0.5) is 0 Å². The van der Waals surface area contributed by atoms with Crippen LogP contribution in [0.1, 0.15) is 31.9 Å². The molecule has 1 heterocycles. The Hall–Kier alpha value is -1.06. The third-order valence-electron chi connectivity index (χ3n) is 3.60. The Morgan fingerprint density at radius 2 is 2.22 bits per heavy atom. The number of para-hydroxylation sites is 1. The minimum absolute atomic E-state index is 0.357. The molecule has 3 heteroatoms. The molecule has 0 aromatic heterocycles. The van der Waals surface area contributed by atoms with Crippen molar-refractivity contribution >= 4 is 0 Å². The molecule has 0 radical (unpaired) electrons. The molecule has 0 amide bonds. The first-order chi connectivity index (χ1) is 8.76. The molecule has 0 bridgehead atoms. The van der Waals surface area contributed by atoms with Crippen molar-refractivity contribution in [3.63, 3.8) is 0 Å². The van der Waals surface area contributed by atoms with Gasteiger partial charge < -0.3 is 14.8 Å². The molecule has 3 nitrogen and oxygen atoms in total. The van der Waals surface area contributed by atoms with Crippen molar-refractivity contribution < 1.29 is 9.47 Å². The Balaban J connectivity index is 2.15. The summed E-state index contributed by atoms with van der Waals surface area (Å²) >= 11 is 0. The van der Waals surface area contributed by atoms with Gasteiger partial charge in [-0.3, -0.25) is 0 Å². The van der Waals surface area contributed by atoms with Crippen molar-refractivity contribution in [3.05, 3.63) is 29.8 Å². The Labute approximate surface area is 109 Å². The second kappa shape index (κ2) is 6.21. The molecule has 0 saturated heterocycles. The maximum Gasteiger partial charge on any atom is 0.124 e. The minimum Gasteiger partial charge on any atom is -0.493 e. The van der Waals surface area contributed by atoms with Crippen LogP contribution in [0.15, 0.2) is 24.3 Å². The first kappa shape index (κ1) is 13.4. The highest BCUT2D eigenvalue weighted by atomic mass is 16.5. The highest BCUT2D eigenvalue weighted by Crippen LogP contribution is 2.35. The highest BCUT2D eigenvalue weighted by molar-refractivity contribution is 5.38. The fraction of sp³-hybridized carbons (Fsp3) is 0.600. The van der Waals surface area contributed by atoms with E-state index in [9.17, 15) is 0 Å². The first-order valence-corrected chi connectivity index (χ1v) is 6.73. The van der Waals surface area contributed by atoms with Gasteiger partial charge in [0.2, 0.25) is 0 Å². The Kier molecular flexibility index (Phi) is 4.61. The van der Waals surface area contributed by atoms with Crippen LogP contribution in [-0.4, -0.2) is 26.4 Å². The summed E-state index contributed by atoms with van der Waals surface area (Å²) in [6.07, 6.45) is 1.07. The lowest BCUT2D eigenvalue weighted by Crippen LogP contribution is -2.41. The number of rotatable bonds is 5. The summed E-state index contributed by atoms with van der Waals surface area (Å²) in [6, 6.07) is 9.06. The van der Waals surface area contributed by atoms with Crippen LogP contribution in [0.2, 0.25) is 0 Å². The van der Waals surface area contributed by atoms with Crippen LogP contribution in [-0.2, 0) is 4.74 Å². The van der Waals surface area contributed by atoms with Gasteiger partial charge in [0.25, 0.3) is 0 Å². The molecule has 18 heavy (non-hydrogen) atoms. The summed E-state index contributed by atoms with van der Waals surface area (Å²) in [4.78, 5) is 0. The van der Waals surface area contributed by atoms with E-state index in [4.69, 9.17) is 9.47 Å². The summed E-state index contributed by atoms with van der Waals surface area (Å²) in [5.41, 5.74) is 1.27. The van der Waals surface area contributed by atoms with Gasteiger partial charge in [-0.15, -0.1) is 0 Å². The lowest BCUT2D eigenvalue weighted by Gasteiger charge is -2.34. The summed E-state index contributed by atoms with van der Waals surface area (Å²) in [5.74, 6) is 1.49. The van der Waals surface area contributed by atoms with Gasteiger partial charge in [0.1, 0.15) is 5.75 Å². The molecule has 0 fully saturated rings. The number of hydrogen-bond donors (Lipinski definition) is 1. The van der Waals surface area contributed by atoms with Crippen molar-refractivity contribution in [1.82, 2.24) is 5.32 Å². The molecule has 1 aliphatic heterocycles. The molecule has 1 N–H and O–H groups in total. The molecular weight excluding hydrogens is 226 g/mol. The minimum atomic E-state index is 0.357. The Bertz CT molecular complexity index is 381. The third-order valence-corrected chi connectivity index (χ3v) is 3.60. The SMILES string of the molecule is CCC(COC)NC1c2ccccc2OCC1C. The van der Waals surface area contributed by atoms with Crippen LogP contribution in [0, 0.1) is 5.92 Å². The predicted octanol–water partition coefficient (Wildman–Crippen LogP) is 2.77. The average molecular weight is 249 g/mol. The molecule has 100 valence electrons. The van der Waals surface area contributed by atoms with E-state index < -0.39 is 0 Å². The summed E-state index contributed by atoms with van der Waals surface area (Å²) in [7, 11) is 1.76. The van der Waals surface area contributed by atoms with Gasteiger partial charge >= 0.3 is 0 Å². The van der Waals surface area contributed by atoms with Gasteiger partial charge in [-0.05, 0) is 12.5 Å². The molecule has 0 aliphatic carbocycles. The zero-order valence-corrected chi connectivity index (χ0v) is 11.5. The van der Waals surface area contributed by atoms with Crippen LogP contribution < -0.4 is 10.1 Å². The molecule has 1 aliphatic rings. The molecule has 2 rings (SSSR count). The molecule has 3 unspecified atom stereocenters. The molecule has 0 saturated carbocycles. The van der Waals surface area contributed by atoms with Crippen LogP contribution in [0.5, 0.6) is 5.75 Å². The molecule has 1 aromatic rings. The van der Waals surface area contributed by atoms with E-state index in [1.54, 1.807) is 7.11 Å². The van der Waals surface area contributed by atoms with Crippen LogP contribution in [0.25, 0.3) is 0 Å². The van der Waals surface area contributed by atoms with Crippen molar-refractivity contribution in [2.24, 2.45) is 5.92 Å². The van der Waals surface area contributed by atoms with Gasteiger partial charge in [0.15, 0.2) is 0 Å². The molecule has 0 spiro atoms. The largest absolute Gasteiger partial charge is 0.493 e. The number of hydrogen-bond acceptors (Lipinski definition) is 3. The quantitative estimate of drug-likeness (QED) is 0.870. The number of nitrogens with one attached hydrogen (secondary N) is 1. The maximum atomic E-state index is 5.77. The monoisotopic (exact) mass is 249 g/mol. The van der Waals surface area contributed by atoms with Crippen molar-refractivity contribution in [1.29, 1.82) is 0 Å². The lowest BCUT2D eigenvalue weighted by atomic mass is 9.91. The highest BCUT2D eigenvalue weighted by Gasteiger charge is 2.28. The third kappa shape index (κ3) is 2.85. The second-order valence-electron chi connectivity index (χ2n) is 5.03. The van der Waals surface area contributed by atoms with E-state index in [-0.39, 0.29) is 0 Å². The number of fused-ring (bicyclic) bond motifs is 1. The normalized spacial score (nSPS) is 24.2. The standard InChI is InChI=1S/C15H23NO2/c1-4-12(10-17-3)16-15-11(2)9-18-14-8-6-5-7-13(14)15/h5-8,11-12,15-16H,4,9-10H2,1-3H3. The fourth-order valence-corrected chi connectivity index (χ4v) is 2.49. The lowest BCUT2D eigenvalue weighted by molar-refractivity contribution is 0.133. The van der Waals surface area contributed by atoms with Gasteiger partial charge in [0, 0.05) is 30.7 Å².